The molecule has 1 aromatic carbocycles. The molecule has 3 heterocycles. The Balaban J connectivity index is 1.66. The molecule has 0 spiro atoms. The normalized spacial score (nSPS) is 11.6. The molecule has 33 heavy (non-hydrogen) atoms. The Kier molecular flexibility index (Phi) is 5.98. The van der Waals surface area contributed by atoms with Crippen LogP contribution in [0.3, 0.4) is 0 Å². The van der Waals surface area contributed by atoms with E-state index < -0.39 is 12.2 Å². The summed E-state index contributed by atoms with van der Waals surface area (Å²) in [5.41, 5.74) is 13.9. The molecule has 0 aliphatic rings. The second-order valence-corrected chi connectivity index (χ2v) is 7.11. The topological polar surface area (TPSA) is 151 Å². The van der Waals surface area contributed by atoms with Crippen LogP contribution < -0.4 is 16.8 Å². The van der Waals surface area contributed by atoms with Gasteiger partial charge in [-0.15, -0.1) is 0 Å². The second-order valence-electron chi connectivity index (χ2n) is 7.11. The Hall–Kier alpha value is -4.73. The van der Waals surface area contributed by atoms with Crippen LogP contribution in [0, 0.1) is 0 Å². The summed E-state index contributed by atoms with van der Waals surface area (Å²) >= 11 is 0. The highest BCUT2D eigenvalue weighted by atomic mass is 16.6. The molecule has 3 aromatic heterocycles. The van der Waals surface area contributed by atoms with Gasteiger partial charge in [0.05, 0.1) is 11.9 Å². The molecular weight excluding hydrogens is 422 g/mol. The van der Waals surface area contributed by atoms with E-state index in [0.717, 1.165) is 11.1 Å². The van der Waals surface area contributed by atoms with Crippen molar-refractivity contribution in [2.45, 2.75) is 12.6 Å². The number of ether oxygens (including phenoxy) is 1. The summed E-state index contributed by atoms with van der Waals surface area (Å²) in [6.45, 7) is 3.92. The van der Waals surface area contributed by atoms with Gasteiger partial charge in [0.15, 0.2) is 0 Å². The number of hydrogen-bond donors (Lipinski definition) is 3. The molecule has 5 N–H and O–H groups in total. The predicted octanol–water partition coefficient (Wildman–Crippen LogP) is 2.98. The van der Waals surface area contributed by atoms with Crippen molar-refractivity contribution in [2.75, 3.05) is 11.1 Å². The molecule has 0 aliphatic carbocycles. The zero-order chi connectivity index (χ0) is 23.4. The summed E-state index contributed by atoms with van der Waals surface area (Å²) in [7, 11) is 0. The predicted molar refractivity (Wildman–Crippen MR) is 124 cm³/mol. The van der Waals surface area contributed by atoms with Gasteiger partial charge in [0, 0.05) is 23.5 Å². The quantitative estimate of drug-likeness (QED) is 0.371. The Morgan fingerprint density at radius 1 is 1.15 bits per heavy atom. The van der Waals surface area contributed by atoms with E-state index in [1.165, 1.54) is 12.4 Å². The van der Waals surface area contributed by atoms with Crippen molar-refractivity contribution in [3.63, 3.8) is 0 Å². The van der Waals surface area contributed by atoms with Crippen LogP contribution in [0.1, 0.15) is 10.4 Å². The van der Waals surface area contributed by atoms with Gasteiger partial charge in [0.2, 0.25) is 0 Å². The summed E-state index contributed by atoms with van der Waals surface area (Å²) in [4.78, 5) is 36.2. The third kappa shape index (κ3) is 4.64. The maximum atomic E-state index is 12.5. The van der Waals surface area contributed by atoms with Crippen LogP contribution in [0.4, 0.5) is 16.4 Å². The SMILES string of the molecule is C=CC(Cn1cc(-c2ccc(C(=O)Nc3ccccn3)cc2)c2c(N)ncnc21)OC(N)=O. The van der Waals surface area contributed by atoms with Crippen molar-refractivity contribution in [2.24, 2.45) is 5.73 Å². The number of nitrogens with two attached hydrogens (primary N) is 2. The Morgan fingerprint density at radius 2 is 1.94 bits per heavy atom. The first-order chi connectivity index (χ1) is 16.0. The summed E-state index contributed by atoms with van der Waals surface area (Å²) in [6, 6.07) is 12.3. The van der Waals surface area contributed by atoms with Crippen LogP contribution >= 0.6 is 0 Å². The molecule has 1 atom stereocenters. The largest absolute Gasteiger partial charge is 0.440 e. The maximum absolute atomic E-state index is 12.5. The lowest BCUT2D eigenvalue weighted by Crippen LogP contribution is -2.25. The number of amides is 2. The van der Waals surface area contributed by atoms with Gasteiger partial charge in [-0.1, -0.05) is 24.8 Å². The third-order valence-corrected chi connectivity index (χ3v) is 4.95. The monoisotopic (exact) mass is 443 g/mol. The third-order valence-electron chi connectivity index (χ3n) is 4.95. The lowest BCUT2D eigenvalue weighted by atomic mass is 10.0. The maximum Gasteiger partial charge on any atom is 0.405 e. The average molecular weight is 443 g/mol. The molecule has 2 amide bonds. The number of carbonyl (C=O) groups is 2. The molecule has 166 valence electrons. The molecule has 1 unspecified atom stereocenters. The first kappa shape index (κ1) is 21.5. The number of fused-ring (bicyclic) bond motifs is 1. The van der Waals surface area contributed by atoms with Gasteiger partial charge in [-0.05, 0) is 35.9 Å². The number of anilines is 2. The number of hydrogen-bond acceptors (Lipinski definition) is 7. The molecule has 0 saturated carbocycles. The van der Waals surface area contributed by atoms with Crippen LogP contribution in [-0.4, -0.2) is 37.6 Å². The molecule has 0 fully saturated rings. The van der Waals surface area contributed by atoms with Crippen molar-refractivity contribution in [3.05, 3.63) is 79.4 Å². The fourth-order valence-corrected chi connectivity index (χ4v) is 3.43. The van der Waals surface area contributed by atoms with Gasteiger partial charge in [0.1, 0.15) is 29.7 Å². The van der Waals surface area contributed by atoms with Gasteiger partial charge in [-0.3, -0.25) is 4.79 Å². The van der Waals surface area contributed by atoms with E-state index in [1.807, 2.05) is 18.3 Å². The Labute approximate surface area is 188 Å². The Morgan fingerprint density at radius 3 is 2.61 bits per heavy atom. The summed E-state index contributed by atoms with van der Waals surface area (Å²) < 4.78 is 6.86. The van der Waals surface area contributed by atoms with E-state index in [4.69, 9.17) is 16.2 Å². The molecule has 10 heteroatoms. The zero-order valence-corrected chi connectivity index (χ0v) is 17.5. The molecule has 0 radical (unpaired) electrons. The van der Waals surface area contributed by atoms with Crippen LogP contribution in [-0.2, 0) is 11.3 Å². The lowest BCUT2D eigenvalue weighted by molar-refractivity contribution is 0.102. The smallest absolute Gasteiger partial charge is 0.405 e. The zero-order valence-electron chi connectivity index (χ0n) is 17.5. The number of nitrogens with zero attached hydrogens (tertiary/aromatic N) is 4. The number of benzene rings is 1. The van der Waals surface area contributed by atoms with Crippen molar-refractivity contribution in [1.82, 2.24) is 19.5 Å². The number of pyridine rings is 1. The number of carbonyl (C=O) groups excluding carboxylic acids is 2. The van der Waals surface area contributed by atoms with E-state index in [9.17, 15) is 9.59 Å². The second kappa shape index (κ2) is 9.18. The van der Waals surface area contributed by atoms with Crippen LogP contribution in [0.15, 0.2) is 73.8 Å². The number of rotatable bonds is 7. The highest BCUT2D eigenvalue weighted by Gasteiger charge is 2.18. The average Bonchev–Trinajstić information content (AvgIpc) is 3.18. The number of nitrogens with one attached hydrogen (secondary N) is 1. The van der Waals surface area contributed by atoms with E-state index in [0.29, 0.717) is 28.2 Å². The van der Waals surface area contributed by atoms with Gasteiger partial charge in [-0.25, -0.2) is 19.7 Å². The van der Waals surface area contributed by atoms with E-state index in [1.54, 1.807) is 41.1 Å². The Bertz CT molecular complexity index is 1320. The van der Waals surface area contributed by atoms with Crippen LogP contribution in [0.25, 0.3) is 22.2 Å². The molecule has 0 bridgehead atoms. The molecule has 4 rings (SSSR count). The lowest BCUT2D eigenvalue weighted by Gasteiger charge is -2.13. The highest BCUT2D eigenvalue weighted by Crippen LogP contribution is 2.33. The summed E-state index contributed by atoms with van der Waals surface area (Å²) in [6.07, 6.45) is 4.73. The molecular formula is C23H21N7O3. The van der Waals surface area contributed by atoms with Gasteiger partial charge in [-0.2, -0.15) is 0 Å². The van der Waals surface area contributed by atoms with E-state index in [2.05, 4.69) is 26.8 Å². The summed E-state index contributed by atoms with van der Waals surface area (Å²) in [5.74, 6) is 0.495. The van der Waals surface area contributed by atoms with Gasteiger partial charge >= 0.3 is 6.09 Å². The van der Waals surface area contributed by atoms with Gasteiger partial charge in [0.25, 0.3) is 5.91 Å². The fraction of sp³-hybridized carbons (Fsp3) is 0.0870. The van der Waals surface area contributed by atoms with E-state index >= 15 is 0 Å². The number of primary amides is 1. The van der Waals surface area contributed by atoms with Gasteiger partial charge < -0.3 is 26.1 Å². The van der Waals surface area contributed by atoms with Crippen molar-refractivity contribution >= 4 is 34.7 Å². The van der Waals surface area contributed by atoms with E-state index in [-0.39, 0.29) is 12.5 Å². The molecule has 4 aromatic rings. The minimum Gasteiger partial charge on any atom is -0.440 e. The van der Waals surface area contributed by atoms with Crippen molar-refractivity contribution in [3.8, 4) is 11.1 Å². The van der Waals surface area contributed by atoms with Crippen LogP contribution in [0.2, 0.25) is 0 Å². The van der Waals surface area contributed by atoms with Crippen molar-refractivity contribution in [1.29, 1.82) is 0 Å². The molecule has 0 saturated heterocycles. The van der Waals surface area contributed by atoms with Crippen LogP contribution in [0.5, 0.6) is 0 Å². The van der Waals surface area contributed by atoms with Crippen molar-refractivity contribution < 1.29 is 14.3 Å². The molecule has 0 aliphatic heterocycles. The fourth-order valence-electron chi connectivity index (χ4n) is 3.43. The molecule has 10 nitrogen and oxygen atoms in total. The summed E-state index contributed by atoms with van der Waals surface area (Å²) in [5, 5.41) is 3.39. The standard InChI is InChI=1S/C23H21N7O3/c1-2-16(33-23(25)32)11-30-12-17(19-20(24)27-13-28-21(19)30)14-6-8-15(9-7-14)22(31)29-18-5-3-4-10-26-18/h2-10,12-13,16H,1,11H2,(H2,25,32)(H2,24,27,28)(H,26,29,31). The number of nitrogen functional groups attached to an aromatic ring is 1. The first-order valence-corrected chi connectivity index (χ1v) is 9.97. The minimum absolute atomic E-state index is 0.240. The minimum atomic E-state index is -0.898. The highest BCUT2D eigenvalue weighted by molar-refractivity contribution is 6.05. The first-order valence-electron chi connectivity index (χ1n) is 9.97. The number of aromatic nitrogens is 4.